The summed E-state index contributed by atoms with van der Waals surface area (Å²) in [5.41, 5.74) is 0. The molecule has 2 rings (SSSR count). The molecular formula is C10H12BN2+. The van der Waals surface area contributed by atoms with Gasteiger partial charge in [0.2, 0.25) is 0 Å². The first-order chi connectivity index (χ1) is 6.39. The van der Waals surface area contributed by atoms with Crippen LogP contribution in [0.2, 0.25) is 0 Å². The van der Waals surface area contributed by atoms with Gasteiger partial charge in [0.25, 0.3) is 0 Å². The van der Waals surface area contributed by atoms with Crippen molar-refractivity contribution >= 4 is 7.98 Å². The van der Waals surface area contributed by atoms with Gasteiger partial charge in [0.05, 0.1) is 0 Å². The fraction of sp³-hybridized carbons (Fsp3) is 0. The summed E-state index contributed by atoms with van der Waals surface area (Å²) in [5.74, 6) is 0. The molecule has 0 fully saturated rings. The molecule has 64 valence electrons. The molecular weight excluding hydrogens is 159 g/mol. The van der Waals surface area contributed by atoms with E-state index in [4.69, 9.17) is 0 Å². The maximum atomic E-state index is 3.78. The van der Waals surface area contributed by atoms with Crippen LogP contribution in [0.3, 0.4) is 0 Å². The summed E-state index contributed by atoms with van der Waals surface area (Å²) in [6.07, 6.45) is 7.50. The first-order valence-corrected chi connectivity index (χ1v) is 4.15. The van der Waals surface area contributed by atoms with Gasteiger partial charge in [-0.2, -0.15) is 0 Å². The fourth-order valence-electron chi connectivity index (χ4n) is 0.797. The maximum Gasteiger partial charge on any atom is 0.455 e. The highest BCUT2D eigenvalue weighted by atomic mass is 14.8. The molecule has 0 saturated carbocycles. The van der Waals surface area contributed by atoms with E-state index in [-0.39, 0.29) is 0 Å². The molecule has 0 N–H and O–H groups in total. The molecule has 2 aromatic rings. The maximum absolute atomic E-state index is 3.78. The van der Waals surface area contributed by atoms with E-state index in [1.54, 1.807) is 12.4 Å². The molecule has 0 atom stereocenters. The second-order valence-electron chi connectivity index (χ2n) is 2.57. The minimum absolute atomic E-state index is 1.75. The fourth-order valence-corrected chi connectivity index (χ4v) is 0.797. The van der Waals surface area contributed by atoms with Crippen molar-refractivity contribution in [3.8, 4) is 0 Å². The summed E-state index contributed by atoms with van der Waals surface area (Å²) in [6.45, 7) is 0. The molecule has 0 aromatic carbocycles. The molecule has 0 aliphatic heterocycles. The Balaban J connectivity index is 0.000000132. The minimum atomic E-state index is 1.75. The van der Waals surface area contributed by atoms with Crippen molar-refractivity contribution in [1.29, 1.82) is 0 Å². The van der Waals surface area contributed by atoms with Gasteiger partial charge in [0, 0.05) is 12.4 Å². The Morgan fingerprint density at radius 3 is 1.54 bits per heavy atom. The minimum Gasteiger partial charge on any atom is -0.297 e. The molecule has 0 saturated heterocycles. The standard InChI is InChI=1S/C5H7BN.C5H5N/c6-7-4-2-1-3-5-7;1-2-4-6-5-3-1/h1-5H,6H2;1-5H/q+1;. The predicted octanol–water partition coefficient (Wildman–Crippen LogP) is 0.452. The highest BCUT2D eigenvalue weighted by Gasteiger charge is 1.79. The molecule has 0 aliphatic rings. The van der Waals surface area contributed by atoms with E-state index in [1.807, 2.05) is 61.3 Å². The monoisotopic (exact) mass is 171 g/mol. The van der Waals surface area contributed by atoms with Crippen LogP contribution in [0.15, 0.2) is 61.2 Å². The van der Waals surface area contributed by atoms with Crippen LogP contribution in [-0.4, -0.2) is 13.0 Å². The number of rotatable bonds is 0. The van der Waals surface area contributed by atoms with Gasteiger partial charge < -0.3 is 0 Å². The molecule has 2 aromatic heterocycles. The molecule has 0 aliphatic carbocycles. The van der Waals surface area contributed by atoms with E-state index in [0.29, 0.717) is 0 Å². The van der Waals surface area contributed by atoms with E-state index in [1.165, 1.54) is 0 Å². The first kappa shape index (κ1) is 9.45. The Morgan fingerprint density at radius 2 is 1.31 bits per heavy atom. The lowest BCUT2D eigenvalue weighted by atomic mass is 10.3. The van der Waals surface area contributed by atoms with Crippen LogP contribution in [0.4, 0.5) is 0 Å². The van der Waals surface area contributed by atoms with Gasteiger partial charge in [0.1, 0.15) is 12.4 Å². The smallest absolute Gasteiger partial charge is 0.297 e. The van der Waals surface area contributed by atoms with Crippen molar-refractivity contribution < 1.29 is 4.48 Å². The van der Waals surface area contributed by atoms with Gasteiger partial charge in [-0.25, -0.2) is 0 Å². The topological polar surface area (TPSA) is 16.8 Å². The zero-order valence-electron chi connectivity index (χ0n) is 7.67. The third-order valence-electron chi connectivity index (χ3n) is 1.43. The average molecular weight is 171 g/mol. The van der Waals surface area contributed by atoms with E-state index in [0.717, 1.165) is 0 Å². The Bertz CT molecular complexity index is 283. The van der Waals surface area contributed by atoms with Crippen LogP contribution in [0.1, 0.15) is 0 Å². The highest BCUT2D eigenvalue weighted by molar-refractivity contribution is 5.94. The van der Waals surface area contributed by atoms with Crippen molar-refractivity contribution in [2.45, 2.75) is 0 Å². The summed E-state index contributed by atoms with van der Waals surface area (Å²) in [7, 11) is 2.00. The Kier molecular flexibility index (Phi) is 4.32. The quantitative estimate of drug-likeness (QED) is 0.526. The van der Waals surface area contributed by atoms with Crippen molar-refractivity contribution in [2.75, 3.05) is 0 Å². The number of hydrogen-bond acceptors (Lipinski definition) is 1. The lowest BCUT2D eigenvalue weighted by Crippen LogP contribution is -2.28. The van der Waals surface area contributed by atoms with Crippen LogP contribution in [0, 0.1) is 0 Å². The van der Waals surface area contributed by atoms with Crippen molar-refractivity contribution in [1.82, 2.24) is 4.98 Å². The van der Waals surface area contributed by atoms with Gasteiger partial charge in [-0.15, -0.1) is 0 Å². The van der Waals surface area contributed by atoms with Crippen molar-refractivity contribution in [3.63, 3.8) is 0 Å². The molecule has 0 bridgehead atoms. The predicted molar refractivity (Wildman–Crippen MR) is 54.8 cm³/mol. The van der Waals surface area contributed by atoms with E-state index >= 15 is 0 Å². The zero-order chi connectivity index (χ0) is 9.36. The Morgan fingerprint density at radius 1 is 0.769 bits per heavy atom. The lowest BCUT2D eigenvalue weighted by molar-refractivity contribution is -0.521. The summed E-state index contributed by atoms with van der Waals surface area (Å²) >= 11 is 0. The highest BCUT2D eigenvalue weighted by Crippen LogP contribution is 1.73. The van der Waals surface area contributed by atoms with Gasteiger partial charge in [-0.05, 0) is 24.3 Å². The molecule has 0 amide bonds. The van der Waals surface area contributed by atoms with E-state index < -0.39 is 0 Å². The number of pyridine rings is 2. The first-order valence-electron chi connectivity index (χ1n) is 4.15. The van der Waals surface area contributed by atoms with Crippen LogP contribution in [0.25, 0.3) is 0 Å². The molecule has 0 spiro atoms. The molecule has 2 heterocycles. The number of aromatic nitrogens is 2. The summed E-state index contributed by atoms with van der Waals surface area (Å²) in [4.78, 5) is 3.78. The van der Waals surface area contributed by atoms with Crippen LogP contribution in [-0.2, 0) is 0 Å². The van der Waals surface area contributed by atoms with Crippen LogP contribution >= 0.6 is 0 Å². The largest absolute Gasteiger partial charge is 0.455 e. The zero-order valence-corrected chi connectivity index (χ0v) is 7.67. The molecule has 13 heavy (non-hydrogen) atoms. The molecule has 0 unspecified atom stereocenters. The Labute approximate surface area is 79.3 Å². The summed E-state index contributed by atoms with van der Waals surface area (Å²) < 4.78 is 2.00. The van der Waals surface area contributed by atoms with Gasteiger partial charge >= 0.3 is 7.98 Å². The van der Waals surface area contributed by atoms with E-state index in [2.05, 4.69) is 4.98 Å². The molecule has 0 radical (unpaired) electrons. The van der Waals surface area contributed by atoms with Gasteiger partial charge in [-0.3, -0.25) is 9.46 Å². The normalized spacial score (nSPS) is 8.31. The number of hydrogen-bond donors (Lipinski definition) is 0. The third kappa shape index (κ3) is 4.74. The SMILES string of the molecule is B[n+]1ccccc1.c1ccncc1. The third-order valence-corrected chi connectivity index (χ3v) is 1.43. The van der Waals surface area contributed by atoms with Gasteiger partial charge in [0.15, 0.2) is 0 Å². The average Bonchev–Trinajstić information content (AvgIpc) is 2.22. The van der Waals surface area contributed by atoms with Crippen LogP contribution in [0.5, 0.6) is 0 Å². The van der Waals surface area contributed by atoms with E-state index in [9.17, 15) is 0 Å². The van der Waals surface area contributed by atoms with Crippen LogP contribution < -0.4 is 4.48 Å². The second-order valence-corrected chi connectivity index (χ2v) is 2.57. The number of nitrogens with zero attached hydrogens (tertiary/aromatic N) is 2. The van der Waals surface area contributed by atoms with Gasteiger partial charge in [-0.1, -0.05) is 12.1 Å². The summed E-state index contributed by atoms with van der Waals surface area (Å²) in [6, 6.07) is 11.7. The lowest BCUT2D eigenvalue weighted by Gasteiger charge is -1.79. The Hall–Kier alpha value is -1.64. The van der Waals surface area contributed by atoms with Crippen molar-refractivity contribution in [3.05, 3.63) is 61.2 Å². The van der Waals surface area contributed by atoms with Crippen molar-refractivity contribution in [2.24, 2.45) is 0 Å². The summed E-state index contributed by atoms with van der Waals surface area (Å²) in [5, 5.41) is 0. The second kappa shape index (κ2) is 5.95. The molecule has 3 heteroatoms. The molecule has 2 nitrogen and oxygen atoms in total.